The van der Waals surface area contributed by atoms with Crippen LogP contribution in [0, 0.1) is 17.5 Å². The summed E-state index contributed by atoms with van der Waals surface area (Å²) < 4.78 is 40.0. The highest BCUT2D eigenvalue weighted by Crippen LogP contribution is 2.30. The average molecular weight is 359 g/mol. The van der Waals surface area contributed by atoms with Crippen LogP contribution in [-0.2, 0) is 9.59 Å². The van der Waals surface area contributed by atoms with Crippen LogP contribution in [0.2, 0.25) is 0 Å². The zero-order chi connectivity index (χ0) is 18.7. The Morgan fingerprint density at radius 3 is 2.48 bits per heavy atom. The fourth-order valence-electron chi connectivity index (χ4n) is 2.35. The second kappa shape index (κ2) is 7.75. The summed E-state index contributed by atoms with van der Waals surface area (Å²) >= 11 is 0. The Morgan fingerprint density at radius 1 is 1.28 bits per heavy atom. The zero-order valence-corrected chi connectivity index (χ0v) is 13.3. The molecule has 1 fully saturated rings. The van der Waals surface area contributed by atoms with Crippen LogP contribution in [0.4, 0.5) is 18.9 Å². The lowest BCUT2D eigenvalue weighted by atomic mass is 9.81. The molecular formula is C14H17BF3N3O4. The first kappa shape index (κ1) is 19.1. The van der Waals surface area contributed by atoms with Crippen molar-refractivity contribution in [2.75, 3.05) is 18.0 Å². The Balaban J connectivity index is 1.93. The van der Waals surface area contributed by atoms with Crippen molar-refractivity contribution in [2.45, 2.75) is 25.3 Å². The molecule has 1 saturated heterocycles. The lowest BCUT2D eigenvalue weighted by Crippen LogP contribution is -2.58. The summed E-state index contributed by atoms with van der Waals surface area (Å²) in [6, 6.07) is 0.279. The van der Waals surface area contributed by atoms with Crippen LogP contribution in [0.1, 0.15) is 13.3 Å². The highest BCUT2D eigenvalue weighted by Gasteiger charge is 2.36. The van der Waals surface area contributed by atoms with Gasteiger partial charge in [0.2, 0.25) is 11.8 Å². The highest BCUT2D eigenvalue weighted by molar-refractivity contribution is 6.43. The summed E-state index contributed by atoms with van der Waals surface area (Å²) in [6.07, 6.45) is 0.359. The molecule has 1 unspecified atom stereocenters. The first-order chi connectivity index (χ1) is 11.7. The van der Waals surface area contributed by atoms with Crippen molar-refractivity contribution in [3.63, 3.8) is 0 Å². The van der Waals surface area contributed by atoms with Gasteiger partial charge < -0.3 is 25.6 Å². The average Bonchev–Trinajstić information content (AvgIpc) is 2.49. The van der Waals surface area contributed by atoms with Gasteiger partial charge in [-0.2, -0.15) is 0 Å². The zero-order valence-electron chi connectivity index (χ0n) is 13.3. The van der Waals surface area contributed by atoms with E-state index in [1.807, 2.05) is 0 Å². The number of rotatable bonds is 6. The van der Waals surface area contributed by atoms with Crippen LogP contribution in [-0.4, -0.2) is 54.1 Å². The van der Waals surface area contributed by atoms with Gasteiger partial charge in [0.15, 0.2) is 11.6 Å². The van der Waals surface area contributed by atoms with Crippen molar-refractivity contribution in [3.8, 4) is 0 Å². The minimum atomic E-state index is -1.74. The largest absolute Gasteiger partial charge is 0.475 e. The number of benzene rings is 1. The van der Waals surface area contributed by atoms with E-state index in [0.29, 0.717) is 18.6 Å². The minimum Gasteiger partial charge on any atom is -0.426 e. The van der Waals surface area contributed by atoms with Crippen LogP contribution in [0.5, 0.6) is 0 Å². The Bertz CT molecular complexity index is 677. The first-order valence-electron chi connectivity index (χ1n) is 7.55. The molecule has 2 atom stereocenters. The van der Waals surface area contributed by atoms with Crippen LogP contribution in [0.15, 0.2) is 12.1 Å². The fraction of sp³-hybridized carbons (Fsp3) is 0.429. The number of hydrogen-bond acceptors (Lipinski definition) is 5. The molecule has 7 nitrogen and oxygen atoms in total. The van der Waals surface area contributed by atoms with Crippen LogP contribution in [0.25, 0.3) is 0 Å². The molecule has 25 heavy (non-hydrogen) atoms. The molecule has 11 heteroatoms. The number of carbonyl (C=O) groups is 2. The van der Waals surface area contributed by atoms with Gasteiger partial charge in [0.1, 0.15) is 11.9 Å². The molecule has 1 heterocycles. The van der Waals surface area contributed by atoms with Crippen molar-refractivity contribution in [1.82, 2.24) is 10.6 Å². The molecule has 1 aliphatic heterocycles. The van der Waals surface area contributed by atoms with E-state index in [0.717, 1.165) is 0 Å². The SMILES string of the molecule is CC(NC(=O)CNC(=O)[C@@H]1CCN1c1cc(F)c(F)cc1F)B(O)O. The third-order valence-electron chi connectivity index (χ3n) is 3.88. The Labute approximate surface area is 142 Å². The van der Waals surface area contributed by atoms with Gasteiger partial charge in [0, 0.05) is 18.7 Å². The second-order valence-corrected chi connectivity index (χ2v) is 5.70. The fourth-order valence-corrected chi connectivity index (χ4v) is 2.35. The molecule has 0 radical (unpaired) electrons. The first-order valence-corrected chi connectivity index (χ1v) is 7.55. The molecule has 1 aromatic carbocycles. The van der Waals surface area contributed by atoms with Gasteiger partial charge >= 0.3 is 7.12 Å². The van der Waals surface area contributed by atoms with Crippen molar-refractivity contribution in [3.05, 3.63) is 29.6 Å². The van der Waals surface area contributed by atoms with Gasteiger partial charge in [0.05, 0.1) is 18.2 Å². The number of nitrogens with zero attached hydrogens (tertiary/aromatic N) is 1. The number of carbonyl (C=O) groups excluding carboxylic acids is 2. The summed E-state index contributed by atoms with van der Waals surface area (Å²) in [4.78, 5) is 24.9. The topological polar surface area (TPSA) is 102 Å². The second-order valence-electron chi connectivity index (χ2n) is 5.70. The molecule has 0 spiro atoms. The van der Waals surface area contributed by atoms with E-state index in [4.69, 9.17) is 10.0 Å². The predicted molar refractivity (Wildman–Crippen MR) is 82.9 cm³/mol. The Morgan fingerprint density at radius 2 is 1.92 bits per heavy atom. The van der Waals surface area contributed by atoms with Gasteiger partial charge in [0.25, 0.3) is 0 Å². The minimum absolute atomic E-state index is 0.230. The molecule has 136 valence electrons. The molecule has 0 bridgehead atoms. The Hall–Kier alpha value is -2.27. The van der Waals surface area contributed by atoms with Gasteiger partial charge in [-0.15, -0.1) is 0 Å². The lowest BCUT2D eigenvalue weighted by molar-refractivity contribution is -0.127. The van der Waals surface area contributed by atoms with Crippen molar-refractivity contribution < 1.29 is 32.8 Å². The number of halogens is 3. The Kier molecular flexibility index (Phi) is 5.91. The summed E-state index contributed by atoms with van der Waals surface area (Å²) in [5.41, 5.74) is -0.230. The normalized spacial score (nSPS) is 17.5. The van der Waals surface area contributed by atoms with Gasteiger partial charge in [-0.25, -0.2) is 13.2 Å². The van der Waals surface area contributed by atoms with Crippen molar-refractivity contribution >= 4 is 24.6 Å². The summed E-state index contributed by atoms with van der Waals surface area (Å²) in [7, 11) is -1.74. The maximum atomic E-state index is 13.8. The third kappa shape index (κ3) is 4.43. The van der Waals surface area contributed by atoms with Gasteiger partial charge in [-0.3, -0.25) is 9.59 Å². The quantitative estimate of drug-likeness (QED) is 0.398. The van der Waals surface area contributed by atoms with Gasteiger partial charge in [-0.05, 0) is 13.3 Å². The third-order valence-corrected chi connectivity index (χ3v) is 3.88. The van der Waals surface area contributed by atoms with Crippen LogP contribution < -0.4 is 15.5 Å². The van der Waals surface area contributed by atoms with E-state index in [1.54, 1.807) is 0 Å². The van der Waals surface area contributed by atoms with E-state index >= 15 is 0 Å². The molecular weight excluding hydrogens is 342 g/mol. The molecule has 0 aliphatic carbocycles. The van der Waals surface area contributed by atoms with Crippen LogP contribution >= 0.6 is 0 Å². The van der Waals surface area contributed by atoms with Crippen molar-refractivity contribution in [2.24, 2.45) is 0 Å². The van der Waals surface area contributed by atoms with E-state index in [1.165, 1.54) is 11.8 Å². The molecule has 0 aromatic heterocycles. The van der Waals surface area contributed by atoms with E-state index in [2.05, 4.69) is 10.6 Å². The lowest BCUT2D eigenvalue weighted by Gasteiger charge is -2.41. The number of nitrogens with one attached hydrogen (secondary N) is 2. The highest BCUT2D eigenvalue weighted by atomic mass is 19.2. The molecule has 1 aliphatic rings. The maximum absolute atomic E-state index is 13.8. The molecule has 2 rings (SSSR count). The molecule has 0 saturated carbocycles. The summed E-state index contributed by atoms with van der Waals surface area (Å²) in [6.45, 7) is 1.23. The standard InChI is InChI=1S/C14H17BF3N3O4/c1-7(15(24)25)20-13(22)6-19-14(23)11-2-3-21(11)12-5-9(17)8(16)4-10(12)18/h4-5,7,11,24-25H,2-3,6H2,1H3,(H,19,23)(H,20,22)/t7?,11-/m0/s1. The molecule has 4 N–H and O–H groups in total. The van der Waals surface area contributed by atoms with Crippen molar-refractivity contribution in [1.29, 1.82) is 0 Å². The smallest absolute Gasteiger partial charge is 0.426 e. The van der Waals surface area contributed by atoms with E-state index in [-0.39, 0.29) is 12.2 Å². The number of amides is 2. The number of hydrogen-bond donors (Lipinski definition) is 4. The molecule has 1 aromatic rings. The summed E-state index contributed by atoms with van der Waals surface area (Å²) in [5, 5.41) is 22.3. The summed E-state index contributed by atoms with van der Waals surface area (Å²) in [5.74, 6) is -5.67. The maximum Gasteiger partial charge on any atom is 0.475 e. The number of anilines is 1. The van der Waals surface area contributed by atoms with Crippen LogP contribution in [0.3, 0.4) is 0 Å². The predicted octanol–water partition coefficient (Wildman–Crippen LogP) is -0.684. The van der Waals surface area contributed by atoms with E-state index < -0.39 is 54.9 Å². The monoisotopic (exact) mass is 359 g/mol. The van der Waals surface area contributed by atoms with E-state index in [9.17, 15) is 22.8 Å². The molecule has 2 amide bonds. The van der Waals surface area contributed by atoms with Gasteiger partial charge in [-0.1, -0.05) is 0 Å².